The molecule has 1 aliphatic heterocycles. The van der Waals surface area contributed by atoms with Gasteiger partial charge in [-0.05, 0) is 30.0 Å². The van der Waals surface area contributed by atoms with Gasteiger partial charge in [0.2, 0.25) is 0 Å². The summed E-state index contributed by atoms with van der Waals surface area (Å²) in [5.41, 5.74) is 10.0. The number of ether oxygens (including phenoxy) is 2. The summed E-state index contributed by atoms with van der Waals surface area (Å²) in [6.45, 7) is 0.611. The van der Waals surface area contributed by atoms with E-state index in [0.29, 0.717) is 12.6 Å². The van der Waals surface area contributed by atoms with Crippen LogP contribution in [0.2, 0.25) is 0 Å². The number of amidine groups is 1. The third-order valence-corrected chi connectivity index (χ3v) is 4.65. The van der Waals surface area contributed by atoms with Crippen LogP contribution in [-0.4, -0.2) is 35.2 Å². The molecular weight excluding hydrogens is 292 g/mol. The molecule has 23 heavy (non-hydrogen) atoms. The summed E-state index contributed by atoms with van der Waals surface area (Å²) in [6.07, 6.45) is 7.75. The molecule has 1 unspecified atom stereocenters. The van der Waals surface area contributed by atoms with E-state index in [2.05, 4.69) is 21.0 Å². The fourth-order valence-corrected chi connectivity index (χ4v) is 3.54. The van der Waals surface area contributed by atoms with Crippen LogP contribution in [0.4, 0.5) is 0 Å². The Bertz CT molecular complexity index is 776. The van der Waals surface area contributed by atoms with Gasteiger partial charge in [-0.2, -0.15) is 0 Å². The van der Waals surface area contributed by atoms with Crippen LogP contribution in [0.3, 0.4) is 0 Å². The van der Waals surface area contributed by atoms with Crippen molar-refractivity contribution in [3.8, 4) is 16.9 Å². The highest BCUT2D eigenvalue weighted by atomic mass is 16.5. The van der Waals surface area contributed by atoms with Crippen LogP contribution in [0.25, 0.3) is 11.1 Å². The molecule has 6 nitrogen and oxygen atoms in total. The number of rotatable bonds is 2. The third-order valence-electron chi connectivity index (χ3n) is 4.65. The Kier molecular flexibility index (Phi) is 3.18. The first-order valence-electron chi connectivity index (χ1n) is 7.64. The zero-order chi connectivity index (χ0) is 15.9. The molecule has 1 aromatic heterocycles. The van der Waals surface area contributed by atoms with Crippen molar-refractivity contribution in [2.75, 3.05) is 13.7 Å². The maximum absolute atomic E-state index is 5.84. The Morgan fingerprint density at radius 1 is 1.22 bits per heavy atom. The van der Waals surface area contributed by atoms with E-state index in [9.17, 15) is 0 Å². The highest BCUT2D eigenvalue weighted by molar-refractivity contribution is 5.75. The number of nitrogens with zero attached hydrogens (tertiary/aromatic N) is 3. The summed E-state index contributed by atoms with van der Waals surface area (Å²) in [6, 6.07) is 4.37. The van der Waals surface area contributed by atoms with Gasteiger partial charge in [-0.15, -0.1) is 0 Å². The lowest BCUT2D eigenvalue weighted by molar-refractivity contribution is 0.0695. The van der Waals surface area contributed by atoms with Crippen LogP contribution < -0.4 is 10.5 Å². The fourth-order valence-electron chi connectivity index (χ4n) is 3.54. The molecule has 2 N–H and O–H groups in total. The van der Waals surface area contributed by atoms with Crippen molar-refractivity contribution in [2.45, 2.75) is 24.9 Å². The summed E-state index contributed by atoms with van der Waals surface area (Å²) in [4.78, 5) is 12.5. The molecular formula is C17H18N4O2. The number of nitrogens with two attached hydrogens (primary N) is 1. The summed E-state index contributed by atoms with van der Waals surface area (Å²) in [7, 11) is 1.70. The topological polar surface area (TPSA) is 82.6 Å². The molecule has 6 heteroatoms. The van der Waals surface area contributed by atoms with Gasteiger partial charge in [-0.25, -0.2) is 15.0 Å². The van der Waals surface area contributed by atoms with Gasteiger partial charge in [-0.3, -0.25) is 0 Å². The highest BCUT2D eigenvalue weighted by Gasteiger charge is 2.42. The number of aliphatic imine (C=N–C) groups is 1. The first kappa shape index (κ1) is 14.0. The van der Waals surface area contributed by atoms with E-state index in [0.717, 1.165) is 36.1 Å². The third kappa shape index (κ3) is 2.30. The maximum Gasteiger partial charge on any atom is 0.282 e. The second kappa shape index (κ2) is 5.22. The van der Waals surface area contributed by atoms with E-state index in [1.807, 2.05) is 18.5 Å². The summed E-state index contributed by atoms with van der Waals surface area (Å²) >= 11 is 0. The van der Waals surface area contributed by atoms with Gasteiger partial charge in [0.1, 0.15) is 17.7 Å². The summed E-state index contributed by atoms with van der Waals surface area (Å²) < 4.78 is 11.4. The molecule has 0 amide bonds. The van der Waals surface area contributed by atoms with E-state index in [1.54, 1.807) is 13.4 Å². The minimum atomic E-state index is -0.323. The molecule has 118 valence electrons. The average Bonchev–Trinajstić information content (AvgIpc) is 2.94. The predicted octanol–water partition coefficient (Wildman–Crippen LogP) is 1.72. The minimum absolute atomic E-state index is 0.292. The monoisotopic (exact) mass is 310 g/mol. The Balaban J connectivity index is 1.79. The van der Waals surface area contributed by atoms with E-state index < -0.39 is 0 Å². The molecule has 4 rings (SSSR count). The van der Waals surface area contributed by atoms with Crippen LogP contribution in [0, 0.1) is 0 Å². The maximum atomic E-state index is 5.84. The first-order valence-corrected chi connectivity index (χ1v) is 7.64. The number of aromatic nitrogens is 2. The standard InChI is InChI=1S/C17H18N4O2/c1-22-15-3-2-12(11-7-19-10-20-8-11)13-4-5-17(6-14(13)15)9-21-16(18)23-17/h2-3,7-8,10H,4-6,9H2,1H3,(H2,18,21). The Labute approximate surface area is 134 Å². The van der Waals surface area contributed by atoms with Crippen molar-refractivity contribution in [1.82, 2.24) is 9.97 Å². The number of fused-ring (bicyclic) bond motifs is 1. The Hall–Kier alpha value is -2.63. The molecule has 2 aliphatic rings. The lowest BCUT2D eigenvalue weighted by Gasteiger charge is -2.35. The van der Waals surface area contributed by atoms with E-state index in [-0.39, 0.29) is 5.60 Å². The molecule has 0 saturated heterocycles. The predicted molar refractivity (Wildman–Crippen MR) is 86.4 cm³/mol. The second-order valence-corrected chi connectivity index (χ2v) is 6.02. The molecule has 1 aliphatic carbocycles. The van der Waals surface area contributed by atoms with Gasteiger partial charge in [0.15, 0.2) is 0 Å². The molecule has 2 aromatic rings. The molecule has 0 fully saturated rings. The quantitative estimate of drug-likeness (QED) is 0.913. The molecule has 0 bridgehead atoms. The lowest BCUT2D eigenvalue weighted by atomic mass is 9.77. The van der Waals surface area contributed by atoms with Crippen molar-refractivity contribution in [3.63, 3.8) is 0 Å². The van der Waals surface area contributed by atoms with Crippen LogP contribution in [0.15, 0.2) is 35.8 Å². The number of hydrogen-bond acceptors (Lipinski definition) is 6. The van der Waals surface area contributed by atoms with Gasteiger partial charge in [0.25, 0.3) is 6.02 Å². The second-order valence-electron chi connectivity index (χ2n) is 6.02. The fraction of sp³-hybridized carbons (Fsp3) is 0.353. The molecule has 1 atom stereocenters. The Morgan fingerprint density at radius 2 is 2.04 bits per heavy atom. The van der Waals surface area contributed by atoms with E-state index >= 15 is 0 Å². The first-order chi connectivity index (χ1) is 11.2. The average molecular weight is 310 g/mol. The highest BCUT2D eigenvalue weighted by Crippen LogP contribution is 2.42. The van der Waals surface area contributed by atoms with Crippen molar-refractivity contribution in [2.24, 2.45) is 10.7 Å². The number of benzene rings is 1. The summed E-state index contributed by atoms with van der Waals surface area (Å²) in [5.74, 6) is 0.883. The number of methoxy groups -OCH3 is 1. The van der Waals surface area contributed by atoms with Gasteiger partial charge >= 0.3 is 0 Å². The van der Waals surface area contributed by atoms with Crippen molar-refractivity contribution in [1.29, 1.82) is 0 Å². The molecule has 1 spiro atoms. The van der Waals surface area contributed by atoms with E-state index in [1.165, 1.54) is 11.1 Å². The van der Waals surface area contributed by atoms with Crippen molar-refractivity contribution >= 4 is 6.02 Å². The molecule has 2 heterocycles. The lowest BCUT2D eigenvalue weighted by Crippen LogP contribution is -2.40. The van der Waals surface area contributed by atoms with Gasteiger partial charge in [-0.1, -0.05) is 6.07 Å². The zero-order valence-corrected chi connectivity index (χ0v) is 13.0. The van der Waals surface area contributed by atoms with Gasteiger partial charge in [0.05, 0.1) is 13.7 Å². The SMILES string of the molecule is COc1ccc(-c2cncnc2)c2c1CC1(CC2)CN=C(N)O1. The Morgan fingerprint density at radius 3 is 2.74 bits per heavy atom. The zero-order valence-electron chi connectivity index (χ0n) is 13.0. The van der Waals surface area contributed by atoms with Crippen LogP contribution in [-0.2, 0) is 17.6 Å². The smallest absolute Gasteiger partial charge is 0.282 e. The van der Waals surface area contributed by atoms with Crippen LogP contribution >= 0.6 is 0 Å². The number of hydrogen-bond donors (Lipinski definition) is 1. The van der Waals surface area contributed by atoms with E-state index in [4.69, 9.17) is 15.2 Å². The normalized spacial score (nSPS) is 22.4. The van der Waals surface area contributed by atoms with Crippen LogP contribution in [0.5, 0.6) is 5.75 Å². The van der Waals surface area contributed by atoms with Crippen LogP contribution in [0.1, 0.15) is 17.5 Å². The molecule has 0 radical (unpaired) electrons. The largest absolute Gasteiger partial charge is 0.496 e. The molecule has 1 aromatic carbocycles. The van der Waals surface area contributed by atoms with Gasteiger partial charge in [0, 0.05) is 29.9 Å². The van der Waals surface area contributed by atoms with Crippen molar-refractivity contribution < 1.29 is 9.47 Å². The minimum Gasteiger partial charge on any atom is -0.496 e. The molecule has 0 saturated carbocycles. The summed E-state index contributed by atoms with van der Waals surface area (Å²) in [5, 5.41) is 0. The van der Waals surface area contributed by atoms with Crippen molar-refractivity contribution in [3.05, 3.63) is 42.0 Å². The van der Waals surface area contributed by atoms with Gasteiger partial charge < -0.3 is 15.2 Å².